The lowest BCUT2D eigenvalue weighted by molar-refractivity contribution is -0.109. The average Bonchev–Trinajstić information content (AvgIpc) is 3.11. The molecule has 0 saturated carbocycles. The molecule has 0 amide bonds. The van der Waals surface area contributed by atoms with Gasteiger partial charge in [0, 0.05) is 28.0 Å². The summed E-state index contributed by atoms with van der Waals surface area (Å²) in [4.78, 5) is 30.5. The molecule has 7 rings (SSSR count). The highest BCUT2D eigenvalue weighted by atomic mass is 16.1. The zero-order valence-electron chi connectivity index (χ0n) is 24.7. The Morgan fingerprint density at radius 1 is 0.333 bits per heavy atom. The molecule has 0 aromatic heterocycles. The normalized spacial score (nSPS) is 15.6. The standard InChI is InChI=1S/C42H31NO2/c44-41-37(30-16-6-1-7-17-30)26-35(27-38(41)31-18-8-2-9-19-31)43(34-24-14-5-15-25-34)36-28-39(32-20-10-3-11-21-32)42(45)40(29-36)33-22-12-4-13-23-33/h1-29,35-36H. The number of anilines is 1. The van der Waals surface area contributed by atoms with Crippen LogP contribution in [0.4, 0.5) is 5.69 Å². The minimum Gasteiger partial charge on any atom is -0.352 e. The van der Waals surface area contributed by atoms with Crippen molar-refractivity contribution < 1.29 is 9.59 Å². The van der Waals surface area contributed by atoms with Crippen molar-refractivity contribution in [1.82, 2.24) is 0 Å². The second kappa shape index (κ2) is 12.4. The van der Waals surface area contributed by atoms with Gasteiger partial charge >= 0.3 is 0 Å². The molecule has 45 heavy (non-hydrogen) atoms. The zero-order valence-corrected chi connectivity index (χ0v) is 24.7. The fourth-order valence-electron chi connectivity index (χ4n) is 6.22. The molecule has 5 aromatic rings. The summed E-state index contributed by atoms with van der Waals surface area (Å²) in [5, 5.41) is 0. The van der Waals surface area contributed by atoms with Gasteiger partial charge in [0.1, 0.15) is 0 Å². The van der Waals surface area contributed by atoms with Crippen LogP contribution < -0.4 is 4.90 Å². The first kappa shape index (κ1) is 28.0. The molecule has 3 nitrogen and oxygen atoms in total. The maximum Gasteiger partial charge on any atom is 0.193 e. The van der Waals surface area contributed by atoms with Crippen molar-refractivity contribution in [2.24, 2.45) is 0 Å². The van der Waals surface area contributed by atoms with Crippen LogP contribution in [0.1, 0.15) is 22.3 Å². The summed E-state index contributed by atoms with van der Waals surface area (Å²) in [7, 11) is 0. The molecule has 0 aliphatic heterocycles. The number of rotatable bonds is 7. The molecule has 0 saturated heterocycles. The topological polar surface area (TPSA) is 37.4 Å². The van der Waals surface area contributed by atoms with Gasteiger partial charge in [-0.2, -0.15) is 0 Å². The van der Waals surface area contributed by atoms with Crippen LogP contribution in [0, 0.1) is 0 Å². The molecule has 0 radical (unpaired) electrons. The summed E-state index contributed by atoms with van der Waals surface area (Å²) < 4.78 is 0. The van der Waals surface area contributed by atoms with E-state index < -0.39 is 0 Å². The van der Waals surface area contributed by atoms with Gasteiger partial charge in [-0.3, -0.25) is 9.59 Å². The third-order valence-corrected chi connectivity index (χ3v) is 8.36. The summed E-state index contributed by atoms with van der Waals surface area (Å²) >= 11 is 0. The number of Topliss-reactive ketones (excluding diaryl/α,β-unsaturated/α-hetero) is 2. The molecule has 0 spiro atoms. The van der Waals surface area contributed by atoms with Crippen molar-refractivity contribution in [3.8, 4) is 0 Å². The number of para-hydroxylation sites is 1. The molecule has 5 aromatic carbocycles. The van der Waals surface area contributed by atoms with Crippen LogP contribution in [-0.4, -0.2) is 23.7 Å². The van der Waals surface area contributed by atoms with Gasteiger partial charge in [-0.1, -0.05) is 140 Å². The van der Waals surface area contributed by atoms with Crippen LogP contribution in [0.25, 0.3) is 22.3 Å². The third kappa shape index (κ3) is 5.64. The highest BCUT2D eigenvalue weighted by molar-refractivity contribution is 6.44. The predicted molar refractivity (Wildman–Crippen MR) is 184 cm³/mol. The van der Waals surface area contributed by atoms with Gasteiger partial charge in [0.15, 0.2) is 11.6 Å². The maximum absolute atomic E-state index is 14.1. The van der Waals surface area contributed by atoms with E-state index in [1.807, 2.05) is 140 Å². The van der Waals surface area contributed by atoms with Crippen LogP contribution in [-0.2, 0) is 9.59 Å². The lowest BCUT2D eigenvalue weighted by atomic mass is 9.83. The highest BCUT2D eigenvalue weighted by Crippen LogP contribution is 2.38. The Morgan fingerprint density at radius 2 is 0.578 bits per heavy atom. The quantitative estimate of drug-likeness (QED) is 0.193. The first-order valence-corrected chi connectivity index (χ1v) is 15.2. The minimum absolute atomic E-state index is 0.00323. The number of hydrogen-bond acceptors (Lipinski definition) is 3. The number of nitrogens with zero attached hydrogens (tertiary/aromatic N) is 1. The van der Waals surface area contributed by atoms with Crippen molar-refractivity contribution in [3.05, 3.63) is 198 Å². The van der Waals surface area contributed by atoms with E-state index in [0.29, 0.717) is 22.3 Å². The van der Waals surface area contributed by atoms with Gasteiger partial charge in [0.25, 0.3) is 0 Å². The van der Waals surface area contributed by atoms with E-state index in [-0.39, 0.29) is 23.7 Å². The zero-order chi connectivity index (χ0) is 30.6. The molecular weight excluding hydrogens is 550 g/mol. The minimum atomic E-state index is -0.296. The first-order chi connectivity index (χ1) is 22.2. The molecule has 0 fully saturated rings. The molecule has 0 atom stereocenters. The first-order valence-electron chi connectivity index (χ1n) is 15.2. The number of carbonyl (C=O) groups is 2. The molecule has 0 N–H and O–H groups in total. The van der Waals surface area contributed by atoms with Gasteiger partial charge in [0.2, 0.25) is 0 Å². The Hall–Kier alpha value is -5.80. The highest BCUT2D eigenvalue weighted by Gasteiger charge is 2.34. The number of carbonyl (C=O) groups excluding carboxylic acids is 2. The fraction of sp³-hybridized carbons (Fsp3) is 0.0476. The van der Waals surface area contributed by atoms with Gasteiger partial charge in [-0.15, -0.1) is 0 Å². The summed E-state index contributed by atoms with van der Waals surface area (Å²) in [6.07, 6.45) is 8.28. The summed E-state index contributed by atoms with van der Waals surface area (Å²) in [5.41, 5.74) is 7.13. The summed E-state index contributed by atoms with van der Waals surface area (Å²) in [6.45, 7) is 0. The van der Waals surface area contributed by atoms with Gasteiger partial charge in [-0.25, -0.2) is 0 Å². The summed E-state index contributed by atoms with van der Waals surface area (Å²) in [6, 6.07) is 49.1. The molecule has 2 aliphatic rings. The number of ketones is 2. The van der Waals surface area contributed by atoms with Crippen LogP contribution in [0.3, 0.4) is 0 Å². The maximum atomic E-state index is 14.1. The van der Waals surface area contributed by atoms with E-state index >= 15 is 0 Å². The Labute approximate surface area is 263 Å². The largest absolute Gasteiger partial charge is 0.352 e. The smallest absolute Gasteiger partial charge is 0.193 e. The predicted octanol–water partition coefficient (Wildman–Crippen LogP) is 8.73. The van der Waals surface area contributed by atoms with Gasteiger partial charge < -0.3 is 4.90 Å². The lowest BCUT2D eigenvalue weighted by Crippen LogP contribution is -2.43. The number of benzene rings is 5. The average molecular weight is 582 g/mol. The van der Waals surface area contributed by atoms with Crippen LogP contribution in [0.15, 0.2) is 176 Å². The molecule has 2 aliphatic carbocycles. The molecule has 216 valence electrons. The molecule has 0 heterocycles. The van der Waals surface area contributed by atoms with Crippen molar-refractivity contribution in [2.75, 3.05) is 4.90 Å². The van der Waals surface area contributed by atoms with Crippen LogP contribution >= 0.6 is 0 Å². The third-order valence-electron chi connectivity index (χ3n) is 8.36. The second-order valence-corrected chi connectivity index (χ2v) is 11.2. The fourth-order valence-corrected chi connectivity index (χ4v) is 6.22. The van der Waals surface area contributed by atoms with Crippen molar-refractivity contribution in [1.29, 1.82) is 0 Å². The van der Waals surface area contributed by atoms with E-state index in [0.717, 1.165) is 27.9 Å². The van der Waals surface area contributed by atoms with Gasteiger partial charge in [-0.05, 0) is 58.7 Å². The van der Waals surface area contributed by atoms with E-state index in [1.165, 1.54) is 0 Å². The van der Waals surface area contributed by atoms with Gasteiger partial charge in [0.05, 0.1) is 12.1 Å². The van der Waals surface area contributed by atoms with Crippen LogP contribution in [0.5, 0.6) is 0 Å². The van der Waals surface area contributed by atoms with Crippen molar-refractivity contribution >= 4 is 39.5 Å². The van der Waals surface area contributed by atoms with Crippen molar-refractivity contribution in [3.63, 3.8) is 0 Å². The van der Waals surface area contributed by atoms with Crippen molar-refractivity contribution in [2.45, 2.75) is 12.1 Å². The van der Waals surface area contributed by atoms with E-state index in [4.69, 9.17) is 0 Å². The van der Waals surface area contributed by atoms with E-state index in [9.17, 15) is 9.59 Å². The molecular formula is C42H31NO2. The number of allylic oxidation sites excluding steroid dienone is 4. The van der Waals surface area contributed by atoms with Crippen LogP contribution in [0.2, 0.25) is 0 Å². The Kier molecular flexibility index (Phi) is 7.74. The molecule has 0 bridgehead atoms. The monoisotopic (exact) mass is 581 g/mol. The van der Waals surface area contributed by atoms with E-state index in [2.05, 4.69) is 41.3 Å². The SMILES string of the molecule is O=C1C(c2ccccc2)=CC(N(c2ccccc2)C2C=C(c3ccccc3)C(=O)C(c3ccccc3)=C2)C=C1c1ccccc1. The lowest BCUT2D eigenvalue weighted by Gasteiger charge is -2.39. The Morgan fingerprint density at radius 3 is 0.844 bits per heavy atom. The second-order valence-electron chi connectivity index (χ2n) is 11.2. The molecule has 0 unspecified atom stereocenters. The molecule has 3 heteroatoms. The Bertz CT molecular complexity index is 1710. The summed E-state index contributed by atoms with van der Waals surface area (Å²) in [5.74, 6) is -0.00645. The van der Waals surface area contributed by atoms with E-state index in [1.54, 1.807) is 0 Å². The Balaban J connectivity index is 1.45. The number of hydrogen-bond donors (Lipinski definition) is 0.